The molecule has 1 saturated heterocycles. The van der Waals surface area contributed by atoms with Crippen LogP contribution in [0.4, 0.5) is 11.8 Å². The zero-order valence-corrected chi connectivity index (χ0v) is 15.2. The molecule has 0 bridgehead atoms. The number of aromatic nitrogens is 6. The van der Waals surface area contributed by atoms with E-state index in [1.165, 1.54) is 0 Å². The van der Waals surface area contributed by atoms with E-state index in [0.29, 0.717) is 19.0 Å². The minimum atomic E-state index is 0.228. The molecule has 0 aliphatic carbocycles. The highest BCUT2D eigenvalue weighted by molar-refractivity contribution is 5.86. The van der Waals surface area contributed by atoms with Gasteiger partial charge in [0.25, 0.3) is 0 Å². The Morgan fingerprint density at radius 3 is 2.42 bits per heavy atom. The average molecular weight is 354 g/mol. The van der Waals surface area contributed by atoms with Crippen molar-refractivity contribution in [3.05, 3.63) is 18.2 Å². The number of imidazole rings is 1. The summed E-state index contributed by atoms with van der Waals surface area (Å²) in [6.07, 6.45) is 3.29. The highest BCUT2D eigenvalue weighted by atomic mass is 16.5. The third-order valence-corrected chi connectivity index (χ3v) is 4.49. The van der Waals surface area contributed by atoms with Gasteiger partial charge in [-0.3, -0.25) is 0 Å². The summed E-state index contributed by atoms with van der Waals surface area (Å²) < 4.78 is 7.52. The van der Waals surface area contributed by atoms with Gasteiger partial charge >= 0.3 is 0 Å². The zero-order valence-electron chi connectivity index (χ0n) is 15.2. The van der Waals surface area contributed by atoms with Gasteiger partial charge in [0.05, 0.1) is 18.8 Å². The quantitative estimate of drug-likeness (QED) is 0.751. The number of aryl methyl sites for hydroxylation is 1. The minimum absolute atomic E-state index is 0.228. The molecule has 4 rings (SSSR count). The van der Waals surface area contributed by atoms with Gasteiger partial charge in [0, 0.05) is 38.4 Å². The zero-order chi connectivity index (χ0) is 18.3. The Labute approximate surface area is 151 Å². The van der Waals surface area contributed by atoms with Crippen LogP contribution in [0.2, 0.25) is 0 Å². The Balaban J connectivity index is 1.93. The smallest absolute Gasteiger partial charge is 0.219 e. The van der Waals surface area contributed by atoms with E-state index in [1.807, 2.05) is 11.6 Å². The second-order valence-electron chi connectivity index (χ2n) is 6.66. The summed E-state index contributed by atoms with van der Waals surface area (Å²) >= 11 is 0. The van der Waals surface area contributed by atoms with Crippen LogP contribution in [0.1, 0.15) is 25.6 Å². The summed E-state index contributed by atoms with van der Waals surface area (Å²) in [6.45, 7) is 7.15. The molecule has 3 aromatic rings. The standard InChI is InChI=1S/C17H22N8O/c1-10(2)14-21-12-15(24(14)3)22-13(11-8-19-17(18)20-9-11)23-16(12)25-4-6-26-7-5-25/h8-10H,4-7H2,1-3H3,(H2,18,19,20). The number of anilines is 2. The molecule has 1 aliphatic heterocycles. The number of nitrogens with two attached hydrogens (primary N) is 1. The van der Waals surface area contributed by atoms with E-state index >= 15 is 0 Å². The second kappa shape index (κ2) is 6.49. The highest BCUT2D eigenvalue weighted by Gasteiger charge is 2.23. The monoisotopic (exact) mass is 354 g/mol. The minimum Gasteiger partial charge on any atom is -0.378 e. The van der Waals surface area contributed by atoms with Gasteiger partial charge in [-0.1, -0.05) is 13.8 Å². The third-order valence-electron chi connectivity index (χ3n) is 4.49. The first-order valence-electron chi connectivity index (χ1n) is 8.69. The van der Waals surface area contributed by atoms with Gasteiger partial charge in [-0.05, 0) is 0 Å². The van der Waals surface area contributed by atoms with Gasteiger partial charge in [0.15, 0.2) is 22.8 Å². The van der Waals surface area contributed by atoms with Crippen LogP contribution in [0.15, 0.2) is 12.4 Å². The molecule has 0 aromatic carbocycles. The lowest BCUT2D eigenvalue weighted by atomic mass is 10.2. The predicted octanol–water partition coefficient (Wildman–Crippen LogP) is 1.36. The number of hydrogen-bond donors (Lipinski definition) is 1. The summed E-state index contributed by atoms with van der Waals surface area (Å²) in [5.41, 5.74) is 7.95. The Bertz CT molecular complexity index is 928. The molecule has 26 heavy (non-hydrogen) atoms. The van der Waals surface area contributed by atoms with Crippen molar-refractivity contribution < 1.29 is 4.74 Å². The van der Waals surface area contributed by atoms with Crippen LogP contribution in [0.25, 0.3) is 22.6 Å². The van der Waals surface area contributed by atoms with Gasteiger partial charge in [-0.2, -0.15) is 0 Å². The SMILES string of the molecule is CC(C)c1nc2c(N3CCOCC3)nc(-c3cnc(N)nc3)nc2n1C. The van der Waals surface area contributed by atoms with Crippen molar-refractivity contribution in [1.29, 1.82) is 0 Å². The lowest BCUT2D eigenvalue weighted by molar-refractivity contribution is 0.122. The molecule has 4 heterocycles. The molecule has 0 amide bonds. The number of morpholine rings is 1. The fourth-order valence-corrected chi connectivity index (χ4v) is 3.16. The van der Waals surface area contributed by atoms with E-state index in [4.69, 9.17) is 25.4 Å². The van der Waals surface area contributed by atoms with Gasteiger partial charge in [0.2, 0.25) is 5.95 Å². The van der Waals surface area contributed by atoms with Crippen LogP contribution < -0.4 is 10.6 Å². The number of rotatable bonds is 3. The van der Waals surface area contributed by atoms with Crippen LogP contribution in [0.5, 0.6) is 0 Å². The maximum absolute atomic E-state index is 5.60. The Morgan fingerprint density at radius 2 is 1.77 bits per heavy atom. The van der Waals surface area contributed by atoms with Crippen molar-refractivity contribution in [2.75, 3.05) is 36.9 Å². The van der Waals surface area contributed by atoms with Crippen LogP contribution >= 0.6 is 0 Å². The average Bonchev–Trinajstić information content (AvgIpc) is 2.99. The van der Waals surface area contributed by atoms with Crippen LogP contribution in [0.3, 0.4) is 0 Å². The Hall–Kier alpha value is -2.81. The molecular formula is C17H22N8O. The Kier molecular flexibility index (Phi) is 4.15. The molecule has 3 aromatic heterocycles. The number of nitrogen functional groups attached to an aromatic ring is 1. The first-order valence-corrected chi connectivity index (χ1v) is 8.69. The largest absolute Gasteiger partial charge is 0.378 e. The molecule has 9 nitrogen and oxygen atoms in total. The first-order chi connectivity index (χ1) is 12.5. The fourth-order valence-electron chi connectivity index (χ4n) is 3.16. The van der Waals surface area contributed by atoms with Crippen LogP contribution in [-0.2, 0) is 11.8 Å². The second-order valence-corrected chi connectivity index (χ2v) is 6.66. The van der Waals surface area contributed by atoms with Gasteiger partial charge in [-0.25, -0.2) is 24.9 Å². The molecule has 136 valence electrons. The van der Waals surface area contributed by atoms with Crippen molar-refractivity contribution >= 4 is 22.9 Å². The van der Waals surface area contributed by atoms with E-state index in [-0.39, 0.29) is 11.9 Å². The summed E-state index contributed by atoms with van der Waals surface area (Å²) in [5.74, 6) is 2.89. The summed E-state index contributed by atoms with van der Waals surface area (Å²) in [7, 11) is 1.99. The summed E-state index contributed by atoms with van der Waals surface area (Å²) in [5, 5.41) is 0. The molecule has 0 spiro atoms. The summed E-state index contributed by atoms with van der Waals surface area (Å²) in [6, 6.07) is 0. The molecule has 1 aliphatic rings. The fraction of sp³-hybridized carbons (Fsp3) is 0.471. The topological polar surface area (TPSA) is 108 Å². The van der Waals surface area contributed by atoms with Crippen molar-refractivity contribution in [1.82, 2.24) is 29.5 Å². The molecule has 1 fully saturated rings. The third kappa shape index (κ3) is 2.84. The highest BCUT2D eigenvalue weighted by Crippen LogP contribution is 2.29. The Morgan fingerprint density at radius 1 is 1.08 bits per heavy atom. The lowest BCUT2D eigenvalue weighted by Gasteiger charge is -2.28. The summed E-state index contributed by atoms with van der Waals surface area (Å²) in [4.78, 5) is 24.7. The van der Waals surface area contributed by atoms with Gasteiger partial charge < -0.3 is 19.9 Å². The predicted molar refractivity (Wildman–Crippen MR) is 98.9 cm³/mol. The van der Waals surface area contributed by atoms with Crippen molar-refractivity contribution in [3.8, 4) is 11.4 Å². The maximum Gasteiger partial charge on any atom is 0.219 e. The number of hydrogen-bond acceptors (Lipinski definition) is 8. The van der Waals surface area contributed by atoms with E-state index < -0.39 is 0 Å². The lowest BCUT2D eigenvalue weighted by Crippen LogP contribution is -2.37. The molecule has 0 saturated carbocycles. The van der Waals surface area contributed by atoms with Crippen molar-refractivity contribution in [2.45, 2.75) is 19.8 Å². The number of nitrogens with zero attached hydrogens (tertiary/aromatic N) is 7. The molecular weight excluding hydrogens is 332 g/mol. The molecule has 0 unspecified atom stereocenters. The molecule has 9 heteroatoms. The van der Waals surface area contributed by atoms with E-state index in [1.54, 1.807) is 12.4 Å². The number of fused-ring (bicyclic) bond motifs is 1. The molecule has 0 atom stereocenters. The van der Waals surface area contributed by atoms with Crippen LogP contribution in [0, 0.1) is 0 Å². The van der Waals surface area contributed by atoms with E-state index in [9.17, 15) is 0 Å². The van der Waals surface area contributed by atoms with E-state index in [2.05, 4.69) is 28.7 Å². The maximum atomic E-state index is 5.60. The normalized spacial score (nSPS) is 15.2. The van der Waals surface area contributed by atoms with Gasteiger partial charge in [0.1, 0.15) is 5.82 Å². The number of ether oxygens (including phenoxy) is 1. The first kappa shape index (κ1) is 16.6. The van der Waals surface area contributed by atoms with Crippen LogP contribution in [-0.4, -0.2) is 55.8 Å². The van der Waals surface area contributed by atoms with Gasteiger partial charge in [-0.15, -0.1) is 0 Å². The van der Waals surface area contributed by atoms with Crippen molar-refractivity contribution in [2.24, 2.45) is 7.05 Å². The molecule has 2 N–H and O–H groups in total. The molecule has 0 radical (unpaired) electrons. The van der Waals surface area contributed by atoms with Crippen molar-refractivity contribution in [3.63, 3.8) is 0 Å². The van der Waals surface area contributed by atoms with E-state index in [0.717, 1.165) is 41.5 Å².